The SMILES string of the molecule is Cc1[nH]nc2ncc(NS(=O)(=O)CCc3ccccc3)cc12. The molecule has 0 saturated carbocycles. The summed E-state index contributed by atoms with van der Waals surface area (Å²) in [6.07, 6.45) is 1.94. The highest BCUT2D eigenvalue weighted by Crippen LogP contribution is 2.18. The molecule has 0 spiro atoms. The molecule has 0 aliphatic heterocycles. The van der Waals surface area contributed by atoms with Gasteiger partial charge in [0.1, 0.15) is 0 Å². The van der Waals surface area contributed by atoms with Gasteiger partial charge >= 0.3 is 0 Å². The van der Waals surface area contributed by atoms with Crippen molar-refractivity contribution >= 4 is 26.7 Å². The highest BCUT2D eigenvalue weighted by molar-refractivity contribution is 7.92. The van der Waals surface area contributed by atoms with E-state index in [0.717, 1.165) is 16.6 Å². The summed E-state index contributed by atoms with van der Waals surface area (Å²) in [4.78, 5) is 4.14. The van der Waals surface area contributed by atoms with Crippen molar-refractivity contribution in [3.05, 3.63) is 53.9 Å². The van der Waals surface area contributed by atoms with Crippen molar-refractivity contribution < 1.29 is 8.42 Å². The molecule has 3 aromatic rings. The predicted molar refractivity (Wildman–Crippen MR) is 86.2 cm³/mol. The smallest absolute Gasteiger partial charge is 0.233 e. The van der Waals surface area contributed by atoms with E-state index in [9.17, 15) is 8.42 Å². The second-order valence-corrected chi connectivity index (χ2v) is 6.94. The molecule has 2 heterocycles. The summed E-state index contributed by atoms with van der Waals surface area (Å²) >= 11 is 0. The molecule has 22 heavy (non-hydrogen) atoms. The summed E-state index contributed by atoms with van der Waals surface area (Å²) in [5.74, 6) is 0.0272. The molecule has 0 saturated heterocycles. The van der Waals surface area contributed by atoms with E-state index >= 15 is 0 Å². The van der Waals surface area contributed by atoms with Crippen LogP contribution in [0.2, 0.25) is 0 Å². The number of aromatic nitrogens is 3. The number of benzene rings is 1. The van der Waals surface area contributed by atoms with Crippen LogP contribution in [-0.2, 0) is 16.4 Å². The van der Waals surface area contributed by atoms with Gasteiger partial charge < -0.3 is 0 Å². The van der Waals surface area contributed by atoms with E-state index in [1.54, 1.807) is 6.07 Å². The monoisotopic (exact) mass is 316 g/mol. The van der Waals surface area contributed by atoms with Gasteiger partial charge in [-0.15, -0.1) is 0 Å². The lowest BCUT2D eigenvalue weighted by Crippen LogP contribution is -2.18. The van der Waals surface area contributed by atoms with Crippen LogP contribution in [0.25, 0.3) is 11.0 Å². The molecular formula is C15H16N4O2S. The van der Waals surface area contributed by atoms with Crippen molar-refractivity contribution in [2.24, 2.45) is 0 Å². The summed E-state index contributed by atoms with van der Waals surface area (Å²) in [5, 5.41) is 7.65. The summed E-state index contributed by atoms with van der Waals surface area (Å²) in [6, 6.07) is 11.3. The van der Waals surface area contributed by atoms with Crippen LogP contribution < -0.4 is 4.72 Å². The van der Waals surface area contributed by atoms with Crippen molar-refractivity contribution in [3.8, 4) is 0 Å². The molecule has 114 valence electrons. The Hall–Kier alpha value is -2.41. The molecule has 1 aromatic carbocycles. The lowest BCUT2D eigenvalue weighted by Gasteiger charge is -2.08. The number of pyridine rings is 1. The van der Waals surface area contributed by atoms with Crippen molar-refractivity contribution in [1.82, 2.24) is 15.2 Å². The second-order valence-electron chi connectivity index (χ2n) is 5.10. The molecule has 0 radical (unpaired) electrons. The number of fused-ring (bicyclic) bond motifs is 1. The lowest BCUT2D eigenvalue weighted by molar-refractivity contribution is 0.600. The van der Waals surface area contributed by atoms with Crippen molar-refractivity contribution in [1.29, 1.82) is 0 Å². The highest BCUT2D eigenvalue weighted by atomic mass is 32.2. The molecule has 0 amide bonds. The Morgan fingerprint density at radius 2 is 2.00 bits per heavy atom. The number of hydrogen-bond acceptors (Lipinski definition) is 4. The van der Waals surface area contributed by atoms with Gasteiger partial charge in [-0.1, -0.05) is 30.3 Å². The van der Waals surface area contributed by atoms with Crippen LogP contribution in [-0.4, -0.2) is 29.4 Å². The van der Waals surface area contributed by atoms with E-state index in [1.807, 2.05) is 37.3 Å². The van der Waals surface area contributed by atoms with Crippen molar-refractivity contribution in [2.45, 2.75) is 13.3 Å². The first-order valence-corrected chi connectivity index (χ1v) is 8.54. The van der Waals surface area contributed by atoms with Gasteiger partial charge in [0.15, 0.2) is 5.65 Å². The van der Waals surface area contributed by atoms with Crippen LogP contribution in [0.4, 0.5) is 5.69 Å². The molecule has 2 aromatic heterocycles. The Balaban J connectivity index is 1.73. The quantitative estimate of drug-likeness (QED) is 0.755. The van der Waals surface area contributed by atoms with Crippen LogP contribution in [0.3, 0.4) is 0 Å². The lowest BCUT2D eigenvalue weighted by atomic mass is 10.2. The third kappa shape index (κ3) is 3.25. The average molecular weight is 316 g/mol. The molecule has 0 atom stereocenters. The van der Waals surface area contributed by atoms with Crippen LogP contribution in [0.5, 0.6) is 0 Å². The molecule has 2 N–H and O–H groups in total. The second kappa shape index (κ2) is 5.76. The third-order valence-corrected chi connectivity index (χ3v) is 4.66. The number of rotatable bonds is 5. The number of H-pyrrole nitrogens is 1. The molecule has 7 heteroatoms. The molecule has 3 rings (SSSR count). The van der Waals surface area contributed by atoms with E-state index in [0.29, 0.717) is 17.8 Å². The fourth-order valence-electron chi connectivity index (χ4n) is 2.20. The fourth-order valence-corrected chi connectivity index (χ4v) is 3.28. The minimum atomic E-state index is -3.42. The van der Waals surface area contributed by atoms with E-state index in [1.165, 1.54) is 6.20 Å². The number of anilines is 1. The van der Waals surface area contributed by atoms with Gasteiger partial charge in [0.05, 0.1) is 17.6 Å². The molecule has 0 aliphatic carbocycles. The average Bonchev–Trinajstić information content (AvgIpc) is 2.87. The summed E-state index contributed by atoms with van der Waals surface area (Å²) in [7, 11) is -3.42. The molecule has 0 bridgehead atoms. The maximum atomic E-state index is 12.2. The largest absolute Gasteiger partial charge is 0.282 e. The minimum Gasteiger partial charge on any atom is -0.282 e. The zero-order valence-corrected chi connectivity index (χ0v) is 12.9. The number of nitrogens with one attached hydrogen (secondary N) is 2. The minimum absolute atomic E-state index is 0.0272. The number of sulfonamides is 1. The van der Waals surface area contributed by atoms with Gasteiger partial charge in [0.25, 0.3) is 0 Å². The van der Waals surface area contributed by atoms with Crippen molar-refractivity contribution in [3.63, 3.8) is 0 Å². The van der Waals surface area contributed by atoms with Crippen LogP contribution >= 0.6 is 0 Å². The Bertz CT molecular complexity index is 888. The van der Waals surface area contributed by atoms with Gasteiger partial charge in [-0.05, 0) is 25.0 Å². The van der Waals surface area contributed by atoms with Crippen LogP contribution in [0, 0.1) is 6.92 Å². The molecular weight excluding hydrogens is 300 g/mol. The van der Waals surface area contributed by atoms with E-state index in [2.05, 4.69) is 19.9 Å². The van der Waals surface area contributed by atoms with Crippen LogP contribution in [0.15, 0.2) is 42.6 Å². The fraction of sp³-hybridized carbons (Fsp3) is 0.200. The van der Waals surface area contributed by atoms with Crippen molar-refractivity contribution in [2.75, 3.05) is 10.5 Å². The van der Waals surface area contributed by atoms with E-state index in [4.69, 9.17) is 0 Å². The first-order chi connectivity index (χ1) is 10.5. The van der Waals surface area contributed by atoms with Gasteiger partial charge in [-0.25, -0.2) is 13.4 Å². The zero-order valence-electron chi connectivity index (χ0n) is 12.1. The van der Waals surface area contributed by atoms with E-state index in [-0.39, 0.29) is 5.75 Å². The Morgan fingerprint density at radius 3 is 2.77 bits per heavy atom. The van der Waals surface area contributed by atoms with Gasteiger partial charge in [0, 0.05) is 11.1 Å². The predicted octanol–water partition coefficient (Wildman–Crippen LogP) is 2.25. The standard InChI is InChI=1S/C15H16N4O2S/c1-11-14-9-13(10-16-15(14)18-17-11)19-22(20,21)8-7-12-5-3-2-4-6-12/h2-6,9-10,19H,7-8H2,1H3,(H,16,17,18). The first kappa shape index (κ1) is 14.5. The number of hydrogen-bond donors (Lipinski definition) is 2. The van der Waals surface area contributed by atoms with E-state index < -0.39 is 10.0 Å². The zero-order chi connectivity index (χ0) is 15.6. The number of nitrogens with zero attached hydrogens (tertiary/aromatic N) is 2. The highest BCUT2D eigenvalue weighted by Gasteiger charge is 2.12. The Kier molecular flexibility index (Phi) is 3.81. The Labute approximate surface area is 128 Å². The summed E-state index contributed by atoms with van der Waals surface area (Å²) in [6.45, 7) is 1.87. The molecule has 0 fully saturated rings. The maximum absolute atomic E-state index is 12.2. The number of aromatic amines is 1. The molecule has 0 unspecified atom stereocenters. The first-order valence-electron chi connectivity index (χ1n) is 6.89. The Morgan fingerprint density at radius 1 is 1.23 bits per heavy atom. The summed E-state index contributed by atoms with van der Waals surface area (Å²) < 4.78 is 26.9. The molecule has 0 aliphatic rings. The van der Waals surface area contributed by atoms with Gasteiger partial charge in [0.2, 0.25) is 10.0 Å². The topological polar surface area (TPSA) is 87.7 Å². The third-order valence-electron chi connectivity index (χ3n) is 3.38. The van der Waals surface area contributed by atoms with Gasteiger partial charge in [-0.3, -0.25) is 9.82 Å². The maximum Gasteiger partial charge on any atom is 0.233 e. The normalized spacial score (nSPS) is 11.7. The summed E-state index contributed by atoms with van der Waals surface area (Å²) in [5.41, 5.74) is 2.87. The number of aryl methyl sites for hydroxylation is 2. The van der Waals surface area contributed by atoms with Gasteiger partial charge in [-0.2, -0.15) is 5.10 Å². The van der Waals surface area contributed by atoms with Crippen LogP contribution in [0.1, 0.15) is 11.3 Å². The molecule has 6 nitrogen and oxygen atoms in total.